The van der Waals surface area contributed by atoms with Crippen LogP contribution in [0, 0.1) is 52.3 Å². The average molecular weight is 423 g/mol. The van der Waals surface area contributed by atoms with Gasteiger partial charge in [0.25, 0.3) is 0 Å². The second-order valence-electron chi connectivity index (χ2n) is 11.9. The Balaban J connectivity index is 1.58. The third-order valence-corrected chi connectivity index (χ3v) is 11.0. The molecule has 29 heavy (non-hydrogen) atoms. The van der Waals surface area contributed by atoms with E-state index in [0.717, 1.165) is 30.1 Å². The second kappa shape index (κ2) is 8.09. The van der Waals surface area contributed by atoms with Gasteiger partial charge in [0.1, 0.15) is 0 Å². The number of hydrogen-bond acceptors (Lipinski definition) is 2. The molecule has 0 aromatic heterocycles. The summed E-state index contributed by atoms with van der Waals surface area (Å²) in [5.74, 6) is 4.49. The Morgan fingerprint density at radius 3 is 2.48 bits per heavy atom. The van der Waals surface area contributed by atoms with E-state index in [1.54, 1.807) is 0 Å². The van der Waals surface area contributed by atoms with E-state index in [-0.39, 0.29) is 0 Å². The minimum absolute atomic E-state index is 0.319. The van der Waals surface area contributed by atoms with Crippen molar-refractivity contribution in [3.8, 4) is 0 Å². The molecule has 3 nitrogen and oxygen atoms in total. The van der Waals surface area contributed by atoms with Crippen LogP contribution in [0.15, 0.2) is 0 Å². The number of fused-ring (bicyclic) bond motifs is 5. The first-order chi connectivity index (χ1) is 13.7. The Morgan fingerprint density at radius 2 is 1.79 bits per heavy atom. The molecule has 4 heteroatoms. The van der Waals surface area contributed by atoms with Crippen molar-refractivity contribution in [1.29, 1.82) is 0 Å². The van der Waals surface area contributed by atoms with Gasteiger partial charge in [0, 0.05) is 15.9 Å². The van der Waals surface area contributed by atoms with Gasteiger partial charge in [-0.25, -0.2) is 0 Å². The van der Waals surface area contributed by atoms with Crippen molar-refractivity contribution in [3.63, 3.8) is 0 Å². The van der Waals surface area contributed by atoms with Crippen LogP contribution in [0.2, 0.25) is 0 Å². The summed E-state index contributed by atoms with van der Waals surface area (Å²) in [7, 11) is 2.63. The highest BCUT2D eigenvalue weighted by Crippen LogP contribution is 2.69. The van der Waals surface area contributed by atoms with Crippen LogP contribution in [0.1, 0.15) is 91.9 Å². The highest BCUT2D eigenvalue weighted by atomic mass is 31.0. The molecule has 4 saturated carbocycles. The van der Waals surface area contributed by atoms with E-state index in [2.05, 4.69) is 37.2 Å². The summed E-state index contributed by atoms with van der Waals surface area (Å²) in [5.41, 5.74) is 0.872. The lowest BCUT2D eigenvalue weighted by Crippen LogP contribution is -2.58. The highest BCUT2D eigenvalue weighted by molar-refractivity contribution is 7.09. The van der Waals surface area contributed by atoms with Crippen molar-refractivity contribution >= 4 is 15.4 Å². The highest BCUT2D eigenvalue weighted by Gasteiger charge is 2.63. The van der Waals surface area contributed by atoms with E-state index in [4.69, 9.17) is 9.63 Å². The molecule has 0 spiro atoms. The van der Waals surface area contributed by atoms with Gasteiger partial charge >= 0.3 is 5.97 Å². The molecule has 0 aromatic carbocycles. The molecule has 0 heterocycles. The van der Waals surface area contributed by atoms with Crippen LogP contribution in [0.4, 0.5) is 0 Å². The van der Waals surface area contributed by atoms with E-state index in [1.165, 1.54) is 51.4 Å². The monoisotopic (exact) mass is 422 g/mol. The van der Waals surface area contributed by atoms with Gasteiger partial charge in [0.15, 0.2) is 0 Å². The number of carboxylic acids is 1. The first-order valence-corrected chi connectivity index (χ1v) is 12.7. The van der Waals surface area contributed by atoms with Crippen molar-refractivity contribution in [2.75, 3.05) is 0 Å². The molecule has 11 atom stereocenters. The van der Waals surface area contributed by atoms with Crippen molar-refractivity contribution in [1.82, 2.24) is 0 Å². The quantitative estimate of drug-likeness (QED) is 0.510. The Labute approximate surface area is 180 Å². The molecule has 0 aromatic rings. The molecule has 4 rings (SSSR count). The van der Waals surface area contributed by atoms with Crippen LogP contribution < -0.4 is 0 Å². The van der Waals surface area contributed by atoms with Crippen molar-refractivity contribution in [2.24, 2.45) is 52.3 Å². The maximum absolute atomic E-state index is 11.1. The van der Waals surface area contributed by atoms with Gasteiger partial charge in [0.2, 0.25) is 0 Å². The molecule has 4 fully saturated rings. The molecule has 0 amide bonds. The normalized spacial score (nSPS) is 50.3. The fraction of sp³-hybridized carbons (Fsp3) is 0.960. The summed E-state index contributed by atoms with van der Waals surface area (Å²) in [5, 5.41) is 9.16. The zero-order chi connectivity index (χ0) is 21.0. The lowest BCUT2D eigenvalue weighted by atomic mass is 9.43. The second-order valence-corrected chi connectivity index (χ2v) is 12.2. The third kappa shape index (κ3) is 3.61. The largest absolute Gasteiger partial charge is 0.481 e. The summed E-state index contributed by atoms with van der Waals surface area (Å²) in [6.07, 6.45) is 12.3. The smallest absolute Gasteiger partial charge is 0.303 e. The standard InChI is InChI=1S/C25H43O3P/c1-15-9-11-24(3)17(13-15)14-21(28-29)23-19-7-6-18(16(2)5-8-22(26)27)25(19,4)12-10-20(23)24/h15-21,23H,5-14,29H2,1-4H3,(H,26,27)/t15-,16+,17-,18+,19?,20?,21?,23-,24-,25+/m0/s1. The Bertz CT molecular complexity index is 623. The number of hydrogen-bond donors (Lipinski definition) is 1. The first kappa shape index (κ1) is 22.1. The zero-order valence-electron chi connectivity index (χ0n) is 19.0. The van der Waals surface area contributed by atoms with E-state index in [1.807, 2.05) is 0 Å². The minimum Gasteiger partial charge on any atom is -0.481 e. The summed E-state index contributed by atoms with van der Waals surface area (Å²) >= 11 is 0. The molecule has 4 aliphatic carbocycles. The topological polar surface area (TPSA) is 46.5 Å². The predicted molar refractivity (Wildman–Crippen MR) is 120 cm³/mol. The van der Waals surface area contributed by atoms with Crippen molar-refractivity contribution in [2.45, 2.75) is 98.0 Å². The minimum atomic E-state index is -0.644. The van der Waals surface area contributed by atoms with Crippen molar-refractivity contribution in [3.05, 3.63) is 0 Å². The van der Waals surface area contributed by atoms with E-state index in [0.29, 0.717) is 41.1 Å². The van der Waals surface area contributed by atoms with E-state index < -0.39 is 5.97 Å². The Kier molecular flexibility index (Phi) is 6.15. The fourth-order valence-corrected chi connectivity index (χ4v) is 9.37. The van der Waals surface area contributed by atoms with Crippen LogP contribution in [0.3, 0.4) is 0 Å². The molecule has 4 unspecified atom stereocenters. The van der Waals surface area contributed by atoms with Gasteiger partial charge in [-0.1, -0.05) is 34.1 Å². The fourth-order valence-electron chi connectivity index (χ4n) is 9.08. The van der Waals surface area contributed by atoms with Crippen LogP contribution in [0.5, 0.6) is 0 Å². The molecule has 0 bridgehead atoms. The molecule has 1 N–H and O–H groups in total. The van der Waals surface area contributed by atoms with Gasteiger partial charge in [-0.2, -0.15) is 0 Å². The maximum Gasteiger partial charge on any atom is 0.303 e. The molecule has 166 valence electrons. The molecule has 0 radical (unpaired) electrons. The maximum atomic E-state index is 11.1. The molecule has 4 aliphatic rings. The van der Waals surface area contributed by atoms with Crippen LogP contribution in [-0.4, -0.2) is 17.2 Å². The molecular formula is C25H43O3P. The van der Waals surface area contributed by atoms with Gasteiger partial charge in [-0.05, 0) is 104 Å². The van der Waals surface area contributed by atoms with Crippen LogP contribution in [0.25, 0.3) is 0 Å². The number of carbonyl (C=O) groups is 1. The first-order valence-electron chi connectivity index (χ1n) is 12.3. The van der Waals surface area contributed by atoms with Crippen LogP contribution >= 0.6 is 9.47 Å². The molecule has 0 saturated heterocycles. The summed E-state index contributed by atoms with van der Waals surface area (Å²) < 4.78 is 6.16. The number of carboxylic acid groups (broad SMARTS) is 1. The number of aliphatic carboxylic acids is 1. The van der Waals surface area contributed by atoms with Gasteiger partial charge in [-0.3, -0.25) is 4.79 Å². The average Bonchev–Trinajstić information content (AvgIpc) is 3.03. The summed E-state index contributed by atoms with van der Waals surface area (Å²) in [4.78, 5) is 11.1. The van der Waals surface area contributed by atoms with Gasteiger partial charge < -0.3 is 9.63 Å². The Morgan fingerprint density at radius 1 is 1.10 bits per heavy atom. The summed E-state index contributed by atoms with van der Waals surface area (Å²) in [6.45, 7) is 9.95. The number of rotatable bonds is 5. The summed E-state index contributed by atoms with van der Waals surface area (Å²) in [6, 6.07) is 0. The molecular weight excluding hydrogens is 379 g/mol. The van der Waals surface area contributed by atoms with Gasteiger partial charge in [0.05, 0.1) is 6.10 Å². The van der Waals surface area contributed by atoms with E-state index >= 15 is 0 Å². The lowest BCUT2D eigenvalue weighted by Gasteiger charge is -2.63. The predicted octanol–water partition coefficient (Wildman–Crippen LogP) is 6.57. The Hall–Kier alpha value is -0.140. The van der Waals surface area contributed by atoms with Crippen molar-refractivity contribution < 1.29 is 14.4 Å². The SMILES string of the molecule is C[C@H]1CC[C@]2(C)C3CC[C@@]4(C)C(CC[C@@H]4[C@H](C)CCC(=O)O)[C@@H]3C(OP)C[C@@H]2C1. The third-order valence-electron chi connectivity index (χ3n) is 10.7. The zero-order valence-corrected chi connectivity index (χ0v) is 20.2. The van der Waals surface area contributed by atoms with Crippen LogP contribution in [-0.2, 0) is 9.32 Å². The van der Waals surface area contributed by atoms with E-state index in [9.17, 15) is 4.79 Å². The van der Waals surface area contributed by atoms with Gasteiger partial charge in [-0.15, -0.1) is 0 Å². The lowest BCUT2D eigenvalue weighted by molar-refractivity contribution is -0.159. The molecule has 0 aliphatic heterocycles.